The molecule has 0 saturated heterocycles. The lowest BCUT2D eigenvalue weighted by molar-refractivity contribution is -0.130. The third-order valence-electron chi connectivity index (χ3n) is 6.26. The second-order valence-corrected chi connectivity index (χ2v) is 8.63. The van der Waals surface area contributed by atoms with Crippen LogP contribution in [0.15, 0.2) is 35.1 Å². The minimum absolute atomic E-state index is 0.0261. The summed E-state index contributed by atoms with van der Waals surface area (Å²) in [7, 11) is 0. The van der Waals surface area contributed by atoms with Gasteiger partial charge in [-0.25, -0.2) is 9.78 Å². The van der Waals surface area contributed by atoms with Crippen molar-refractivity contribution >= 4 is 23.0 Å². The number of amides is 1. The van der Waals surface area contributed by atoms with Crippen LogP contribution in [0.1, 0.15) is 43.0 Å². The Hall–Kier alpha value is -3.68. The number of pyridine rings is 2. The molecule has 1 aliphatic heterocycles. The highest BCUT2D eigenvalue weighted by molar-refractivity contribution is 5.88. The smallest absolute Gasteiger partial charge is 0.450 e. The minimum Gasteiger partial charge on any atom is -0.450 e. The van der Waals surface area contributed by atoms with Crippen molar-refractivity contribution in [1.82, 2.24) is 14.5 Å². The monoisotopic (exact) mass is 449 g/mol. The Labute approximate surface area is 191 Å². The Morgan fingerprint density at radius 2 is 1.97 bits per heavy atom. The molecule has 0 spiro atoms. The Bertz CT molecular complexity index is 1330. The molecular weight excluding hydrogens is 422 g/mol. The van der Waals surface area contributed by atoms with Crippen LogP contribution in [0.3, 0.4) is 0 Å². The van der Waals surface area contributed by atoms with E-state index in [2.05, 4.69) is 4.74 Å². The Balaban J connectivity index is 1.83. The van der Waals surface area contributed by atoms with Crippen molar-refractivity contribution in [2.24, 2.45) is 0 Å². The molecule has 0 saturated carbocycles. The lowest BCUT2D eigenvalue weighted by Crippen LogP contribution is -2.36. The van der Waals surface area contributed by atoms with Crippen molar-refractivity contribution in [3.63, 3.8) is 0 Å². The molecule has 0 atom stereocenters. The first-order valence-corrected chi connectivity index (χ1v) is 11.0. The molecule has 4 rings (SSSR count). The van der Waals surface area contributed by atoms with Gasteiger partial charge in [-0.1, -0.05) is 18.2 Å². The number of ether oxygens (including phenoxy) is 1. The van der Waals surface area contributed by atoms with Crippen LogP contribution < -0.4 is 5.56 Å². The molecule has 1 aromatic carbocycles. The van der Waals surface area contributed by atoms with E-state index in [0.717, 1.165) is 27.7 Å². The van der Waals surface area contributed by atoms with Crippen LogP contribution in [0.4, 0.5) is 4.79 Å². The highest BCUT2D eigenvalue weighted by Gasteiger charge is 2.28. The summed E-state index contributed by atoms with van der Waals surface area (Å²) in [5.74, 6) is 0.0261. The van der Waals surface area contributed by atoms with E-state index in [-0.39, 0.29) is 24.1 Å². The van der Waals surface area contributed by atoms with Crippen LogP contribution in [0.2, 0.25) is 0 Å². The third-order valence-corrected chi connectivity index (χ3v) is 6.26. The molecule has 3 heterocycles. The van der Waals surface area contributed by atoms with E-state index in [1.54, 1.807) is 18.4 Å². The fourth-order valence-corrected chi connectivity index (χ4v) is 4.63. The van der Waals surface area contributed by atoms with Crippen molar-refractivity contribution in [3.05, 3.63) is 62.9 Å². The number of para-hydroxylation sites is 1. The molecular formula is C25H27N3O5. The number of aryl methyl sites for hydroxylation is 1. The van der Waals surface area contributed by atoms with Gasteiger partial charge in [-0.05, 0) is 50.5 Å². The molecule has 1 amide bonds. The number of rotatable bonds is 6. The average Bonchev–Trinajstić information content (AvgIpc) is 3.10. The predicted octanol–water partition coefficient (Wildman–Crippen LogP) is 3.73. The molecule has 1 aliphatic rings. The summed E-state index contributed by atoms with van der Waals surface area (Å²) < 4.78 is 6.31. The summed E-state index contributed by atoms with van der Waals surface area (Å²) in [4.78, 5) is 42.9. The van der Waals surface area contributed by atoms with Gasteiger partial charge in [-0.15, -0.1) is 0 Å². The number of carbonyl (C=O) groups is 2. The number of fused-ring (bicyclic) bond motifs is 4. The fourth-order valence-electron chi connectivity index (χ4n) is 4.63. The Kier molecular flexibility index (Phi) is 5.93. The first kappa shape index (κ1) is 22.5. The van der Waals surface area contributed by atoms with Gasteiger partial charge in [0.15, 0.2) is 0 Å². The summed E-state index contributed by atoms with van der Waals surface area (Å²) in [6, 6.07) is 9.82. The van der Waals surface area contributed by atoms with E-state index in [1.165, 1.54) is 0 Å². The zero-order valence-electron chi connectivity index (χ0n) is 19.2. The quantitative estimate of drug-likeness (QED) is 0.450. The standard InChI is InChI=1S/C25H27N3O5/c1-14(2)27(16(4)29)10-9-17-18-7-5-6-8-21(18)26-23-19(17)12-28-22(23)11-15(3)20(24(28)30)13-33-25(31)32/h5-8,11,14H,9-10,12-13H2,1-4H3,(H,31,32). The fraction of sp³-hybridized carbons (Fsp3) is 0.360. The number of nitrogens with zero attached hydrogens (tertiary/aromatic N) is 3. The SMILES string of the molecule is CC(=O)N(CCc1c2c(nc3ccccc13)-c1cc(C)c(COC(=O)O)c(=O)n1C2)C(C)C. The zero-order chi connectivity index (χ0) is 23.9. The normalized spacial score (nSPS) is 12.0. The minimum atomic E-state index is -1.42. The lowest BCUT2D eigenvalue weighted by Gasteiger charge is -2.26. The number of benzene rings is 1. The van der Waals surface area contributed by atoms with Gasteiger partial charge in [0.1, 0.15) is 6.61 Å². The molecule has 8 nitrogen and oxygen atoms in total. The van der Waals surface area contributed by atoms with Crippen LogP contribution in [-0.2, 0) is 29.1 Å². The molecule has 0 fully saturated rings. The van der Waals surface area contributed by atoms with E-state index < -0.39 is 6.16 Å². The molecule has 33 heavy (non-hydrogen) atoms. The average molecular weight is 450 g/mol. The van der Waals surface area contributed by atoms with Crippen LogP contribution in [0.5, 0.6) is 0 Å². The first-order chi connectivity index (χ1) is 15.7. The largest absolute Gasteiger partial charge is 0.506 e. The maximum atomic E-state index is 13.2. The second kappa shape index (κ2) is 8.69. The maximum absolute atomic E-state index is 13.2. The second-order valence-electron chi connectivity index (χ2n) is 8.63. The van der Waals surface area contributed by atoms with Gasteiger partial charge in [0, 0.05) is 30.5 Å². The summed E-state index contributed by atoms with van der Waals surface area (Å²) in [5.41, 5.74) is 5.07. The molecule has 0 bridgehead atoms. The van der Waals surface area contributed by atoms with E-state index in [1.807, 2.05) is 49.1 Å². The van der Waals surface area contributed by atoms with Crippen LogP contribution >= 0.6 is 0 Å². The summed E-state index contributed by atoms with van der Waals surface area (Å²) in [6.45, 7) is 7.96. The summed E-state index contributed by atoms with van der Waals surface area (Å²) in [5, 5.41) is 9.86. The van der Waals surface area contributed by atoms with Gasteiger partial charge in [0.2, 0.25) is 5.91 Å². The van der Waals surface area contributed by atoms with Crippen molar-refractivity contribution in [1.29, 1.82) is 0 Å². The van der Waals surface area contributed by atoms with Gasteiger partial charge in [-0.2, -0.15) is 0 Å². The van der Waals surface area contributed by atoms with Crippen LogP contribution in [0.25, 0.3) is 22.3 Å². The molecule has 0 aliphatic carbocycles. The molecule has 0 unspecified atom stereocenters. The van der Waals surface area contributed by atoms with E-state index in [0.29, 0.717) is 36.3 Å². The molecule has 1 N–H and O–H groups in total. The lowest BCUT2D eigenvalue weighted by atomic mass is 9.97. The van der Waals surface area contributed by atoms with Crippen LogP contribution in [-0.4, -0.2) is 44.2 Å². The Morgan fingerprint density at radius 1 is 1.24 bits per heavy atom. The summed E-state index contributed by atoms with van der Waals surface area (Å²) >= 11 is 0. The molecule has 0 radical (unpaired) electrons. The number of carbonyl (C=O) groups excluding carboxylic acids is 1. The highest BCUT2D eigenvalue weighted by Crippen LogP contribution is 2.36. The van der Waals surface area contributed by atoms with Crippen molar-refractivity contribution in [2.45, 2.75) is 53.3 Å². The predicted molar refractivity (Wildman–Crippen MR) is 124 cm³/mol. The number of carboxylic acid groups (broad SMARTS) is 1. The number of hydrogen-bond donors (Lipinski definition) is 1. The van der Waals surface area contributed by atoms with Crippen LogP contribution in [0, 0.1) is 6.92 Å². The molecule has 8 heteroatoms. The van der Waals surface area contributed by atoms with E-state index >= 15 is 0 Å². The van der Waals surface area contributed by atoms with Crippen molar-refractivity contribution in [3.8, 4) is 11.4 Å². The number of hydrogen-bond acceptors (Lipinski definition) is 5. The first-order valence-electron chi connectivity index (χ1n) is 11.0. The highest BCUT2D eigenvalue weighted by atomic mass is 16.7. The van der Waals surface area contributed by atoms with E-state index in [4.69, 9.17) is 10.1 Å². The number of aromatic nitrogens is 2. The zero-order valence-corrected chi connectivity index (χ0v) is 19.2. The van der Waals surface area contributed by atoms with Gasteiger partial charge >= 0.3 is 6.16 Å². The van der Waals surface area contributed by atoms with Crippen molar-refractivity contribution < 1.29 is 19.4 Å². The Morgan fingerprint density at radius 3 is 2.64 bits per heavy atom. The van der Waals surface area contributed by atoms with E-state index in [9.17, 15) is 14.4 Å². The topological polar surface area (TPSA) is 102 Å². The third kappa shape index (κ3) is 4.08. The van der Waals surface area contributed by atoms with Gasteiger partial charge in [0.05, 0.1) is 29.0 Å². The van der Waals surface area contributed by atoms with Gasteiger partial charge < -0.3 is 19.3 Å². The van der Waals surface area contributed by atoms with Gasteiger partial charge in [0.25, 0.3) is 5.56 Å². The summed E-state index contributed by atoms with van der Waals surface area (Å²) in [6.07, 6.45) is -0.780. The van der Waals surface area contributed by atoms with Gasteiger partial charge in [-0.3, -0.25) is 9.59 Å². The molecule has 172 valence electrons. The van der Waals surface area contributed by atoms with Crippen molar-refractivity contribution in [2.75, 3.05) is 6.54 Å². The molecule has 2 aromatic heterocycles. The molecule has 3 aromatic rings. The maximum Gasteiger partial charge on any atom is 0.506 e.